The molecule has 1 unspecified atom stereocenters. The van der Waals surface area contributed by atoms with E-state index in [1.54, 1.807) is 12.4 Å². The van der Waals surface area contributed by atoms with Crippen LogP contribution in [-0.4, -0.2) is 11.5 Å². The highest BCUT2D eigenvalue weighted by atomic mass is 79.9. The molecule has 2 nitrogen and oxygen atoms in total. The Morgan fingerprint density at radius 3 is 2.67 bits per heavy atom. The first-order valence-electron chi connectivity index (χ1n) is 6.48. The quantitative estimate of drug-likeness (QED) is 0.768. The molecule has 6 heteroatoms. The maximum Gasteiger partial charge on any atom is 0.142 e. The van der Waals surface area contributed by atoms with E-state index in [4.69, 9.17) is 11.6 Å². The molecule has 0 amide bonds. The molecule has 1 N–H and O–H groups in total. The molecular formula is C15H14BrClF2N2. The number of likely N-dealkylation sites (N-methyl/N-ethyl adjacent to an activating group) is 1. The summed E-state index contributed by atoms with van der Waals surface area (Å²) in [4.78, 5) is 4.08. The lowest BCUT2D eigenvalue weighted by Crippen LogP contribution is -2.24. The Bertz CT molecular complexity index is 637. The van der Waals surface area contributed by atoms with Crippen molar-refractivity contribution >= 4 is 27.5 Å². The zero-order chi connectivity index (χ0) is 15.4. The summed E-state index contributed by atoms with van der Waals surface area (Å²) in [5.74, 6) is -1.14. The average Bonchev–Trinajstić information content (AvgIpc) is 2.42. The van der Waals surface area contributed by atoms with E-state index in [0.29, 0.717) is 13.0 Å². The lowest BCUT2D eigenvalue weighted by molar-refractivity contribution is 0.502. The van der Waals surface area contributed by atoms with Crippen LogP contribution in [0.15, 0.2) is 35.1 Å². The van der Waals surface area contributed by atoms with E-state index < -0.39 is 11.6 Å². The van der Waals surface area contributed by atoms with Crippen LogP contribution in [0, 0.1) is 11.6 Å². The van der Waals surface area contributed by atoms with E-state index in [1.807, 2.05) is 13.0 Å². The van der Waals surface area contributed by atoms with Gasteiger partial charge in [0, 0.05) is 28.5 Å². The van der Waals surface area contributed by atoms with Gasteiger partial charge in [0.15, 0.2) is 0 Å². The van der Waals surface area contributed by atoms with Crippen LogP contribution in [0.2, 0.25) is 5.02 Å². The summed E-state index contributed by atoms with van der Waals surface area (Å²) in [5, 5.41) is 2.95. The topological polar surface area (TPSA) is 24.9 Å². The van der Waals surface area contributed by atoms with E-state index >= 15 is 0 Å². The van der Waals surface area contributed by atoms with Crippen molar-refractivity contribution in [3.05, 3.63) is 62.8 Å². The molecule has 1 aromatic carbocycles. The van der Waals surface area contributed by atoms with Crippen LogP contribution in [0.25, 0.3) is 0 Å². The van der Waals surface area contributed by atoms with Crippen LogP contribution in [-0.2, 0) is 6.42 Å². The Hall–Kier alpha value is -1.04. The zero-order valence-corrected chi connectivity index (χ0v) is 13.7. The fraction of sp³-hybridized carbons (Fsp3) is 0.267. The SMILES string of the molecule is CCNC(Cc1cncc(Br)c1)c1cc(F)c(Cl)cc1F. The highest BCUT2D eigenvalue weighted by Crippen LogP contribution is 2.26. The minimum absolute atomic E-state index is 0.212. The molecule has 21 heavy (non-hydrogen) atoms. The molecule has 1 aromatic heterocycles. The van der Waals surface area contributed by atoms with Crippen LogP contribution in [0.4, 0.5) is 8.78 Å². The summed E-state index contributed by atoms with van der Waals surface area (Å²) in [6.07, 6.45) is 3.88. The van der Waals surface area contributed by atoms with E-state index in [0.717, 1.165) is 22.2 Å². The van der Waals surface area contributed by atoms with Crippen molar-refractivity contribution in [1.29, 1.82) is 0 Å². The van der Waals surface area contributed by atoms with Gasteiger partial charge in [-0.15, -0.1) is 0 Å². The predicted molar refractivity (Wildman–Crippen MR) is 83.4 cm³/mol. The van der Waals surface area contributed by atoms with Gasteiger partial charge in [-0.05, 0) is 52.7 Å². The summed E-state index contributed by atoms with van der Waals surface area (Å²) >= 11 is 8.95. The zero-order valence-electron chi connectivity index (χ0n) is 11.3. The molecule has 2 aromatic rings. The van der Waals surface area contributed by atoms with Crippen molar-refractivity contribution in [1.82, 2.24) is 10.3 Å². The molecule has 112 valence electrons. The molecule has 1 atom stereocenters. The van der Waals surface area contributed by atoms with Gasteiger partial charge in [0.2, 0.25) is 0 Å². The highest BCUT2D eigenvalue weighted by molar-refractivity contribution is 9.10. The molecule has 0 fully saturated rings. The van der Waals surface area contributed by atoms with Crippen molar-refractivity contribution in [2.75, 3.05) is 6.54 Å². The third-order valence-corrected chi connectivity index (χ3v) is 3.79. The second kappa shape index (κ2) is 7.29. The first-order chi connectivity index (χ1) is 10.0. The highest BCUT2D eigenvalue weighted by Gasteiger charge is 2.18. The number of pyridine rings is 1. The minimum Gasteiger partial charge on any atom is -0.310 e. The van der Waals surface area contributed by atoms with Crippen molar-refractivity contribution < 1.29 is 8.78 Å². The van der Waals surface area contributed by atoms with Gasteiger partial charge in [-0.25, -0.2) is 8.78 Å². The lowest BCUT2D eigenvalue weighted by atomic mass is 9.99. The molecule has 0 spiro atoms. The van der Waals surface area contributed by atoms with Gasteiger partial charge in [0.25, 0.3) is 0 Å². The molecule has 0 bridgehead atoms. The van der Waals surface area contributed by atoms with Gasteiger partial charge < -0.3 is 5.32 Å². The Labute approximate surface area is 135 Å². The molecule has 0 saturated heterocycles. The van der Waals surface area contributed by atoms with E-state index in [2.05, 4.69) is 26.2 Å². The second-order valence-electron chi connectivity index (χ2n) is 4.61. The maximum atomic E-state index is 14.1. The first kappa shape index (κ1) is 16.3. The third kappa shape index (κ3) is 4.22. The molecule has 2 rings (SSSR count). The van der Waals surface area contributed by atoms with Crippen LogP contribution in [0.5, 0.6) is 0 Å². The van der Waals surface area contributed by atoms with E-state index in [-0.39, 0.29) is 16.6 Å². The molecule has 0 aliphatic carbocycles. The number of halogens is 4. The predicted octanol–water partition coefficient (Wildman–Crippen LogP) is 4.67. The number of nitrogens with one attached hydrogen (secondary N) is 1. The van der Waals surface area contributed by atoms with Gasteiger partial charge in [0.1, 0.15) is 11.6 Å². The lowest BCUT2D eigenvalue weighted by Gasteiger charge is -2.19. The first-order valence-corrected chi connectivity index (χ1v) is 7.65. The average molecular weight is 376 g/mol. The maximum absolute atomic E-state index is 14.1. The van der Waals surface area contributed by atoms with Crippen LogP contribution in [0.3, 0.4) is 0 Å². The largest absolute Gasteiger partial charge is 0.310 e. The smallest absolute Gasteiger partial charge is 0.142 e. The van der Waals surface area contributed by atoms with Crippen LogP contribution >= 0.6 is 27.5 Å². The number of rotatable bonds is 5. The molecule has 1 heterocycles. The fourth-order valence-electron chi connectivity index (χ4n) is 2.15. The summed E-state index contributed by atoms with van der Waals surface area (Å²) in [6, 6.07) is 3.71. The van der Waals surface area contributed by atoms with Crippen molar-refractivity contribution in [3.8, 4) is 0 Å². The third-order valence-electron chi connectivity index (χ3n) is 3.07. The van der Waals surface area contributed by atoms with Gasteiger partial charge >= 0.3 is 0 Å². The summed E-state index contributed by atoms with van der Waals surface area (Å²) in [5.41, 5.74) is 1.18. The van der Waals surface area contributed by atoms with E-state index in [9.17, 15) is 8.78 Å². The van der Waals surface area contributed by atoms with Crippen molar-refractivity contribution in [3.63, 3.8) is 0 Å². The summed E-state index contributed by atoms with van der Waals surface area (Å²) in [6.45, 7) is 2.55. The molecule has 0 aliphatic rings. The fourth-order valence-corrected chi connectivity index (χ4v) is 2.71. The van der Waals surface area contributed by atoms with Gasteiger partial charge in [-0.3, -0.25) is 4.98 Å². The van der Waals surface area contributed by atoms with Crippen molar-refractivity contribution in [2.24, 2.45) is 0 Å². The van der Waals surface area contributed by atoms with Gasteiger partial charge in [0.05, 0.1) is 5.02 Å². The Kier molecular flexibility index (Phi) is 5.67. The molecular weight excluding hydrogens is 362 g/mol. The van der Waals surface area contributed by atoms with Crippen LogP contribution in [0.1, 0.15) is 24.1 Å². The Morgan fingerprint density at radius 1 is 1.24 bits per heavy atom. The molecule has 0 radical (unpaired) electrons. The van der Waals surface area contributed by atoms with Gasteiger partial charge in [-0.2, -0.15) is 0 Å². The summed E-state index contributed by atoms with van der Waals surface area (Å²) < 4.78 is 28.5. The summed E-state index contributed by atoms with van der Waals surface area (Å²) in [7, 11) is 0. The van der Waals surface area contributed by atoms with Gasteiger partial charge in [-0.1, -0.05) is 18.5 Å². The normalized spacial score (nSPS) is 12.4. The number of aromatic nitrogens is 1. The molecule has 0 saturated carbocycles. The Morgan fingerprint density at radius 2 is 2.00 bits per heavy atom. The number of nitrogens with zero attached hydrogens (tertiary/aromatic N) is 1. The number of hydrogen-bond donors (Lipinski definition) is 1. The van der Waals surface area contributed by atoms with Crippen molar-refractivity contribution in [2.45, 2.75) is 19.4 Å². The number of hydrogen-bond acceptors (Lipinski definition) is 2. The Balaban J connectivity index is 2.33. The molecule has 0 aliphatic heterocycles. The number of benzene rings is 1. The standard InChI is InChI=1S/C15H14BrClF2N2/c1-2-21-15(4-9-3-10(16)8-20-7-9)11-5-14(19)12(17)6-13(11)18/h3,5-8,15,21H,2,4H2,1H3. The minimum atomic E-state index is -0.622. The monoisotopic (exact) mass is 374 g/mol. The van der Waals surface area contributed by atoms with E-state index in [1.165, 1.54) is 0 Å². The van der Waals surface area contributed by atoms with Crippen LogP contribution < -0.4 is 5.32 Å². The second-order valence-corrected chi connectivity index (χ2v) is 5.94.